The Morgan fingerprint density at radius 1 is 0.926 bits per heavy atom. The molecule has 0 unspecified atom stereocenters. The molecular formula is C23H18FN3. The molecule has 0 saturated carbocycles. The summed E-state index contributed by atoms with van der Waals surface area (Å²) in [7, 11) is 0. The minimum absolute atomic E-state index is 0.234. The number of fused-ring (bicyclic) bond motifs is 1. The molecular weight excluding hydrogens is 337 g/mol. The van der Waals surface area contributed by atoms with Crippen LogP contribution in [0.4, 0.5) is 4.39 Å². The predicted octanol–water partition coefficient (Wildman–Crippen LogP) is 5.77. The summed E-state index contributed by atoms with van der Waals surface area (Å²) in [6.07, 6.45) is 11.5. The van der Waals surface area contributed by atoms with Crippen molar-refractivity contribution in [1.82, 2.24) is 14.4 Å². The highest BCUT2D eigenvalue weighted by molar-refractivity contribution is 5.73. The number of halogens is 1. The Kier molecular flexibility index (Phi) is 3.82. The molecule has 0 saturated heterocycles. The van der Waals surface area contributed by atoms with Crippen LogP contribution in [-0.2, 0) is 0 Å². The first-order valence-corrected chi connectivity index (χ1v) is 9.17. The van der Waals surface area contributed by atoms with Gasteiger partial charge in [-0.15, -0.1) is 0 Å². The molecule has 0 spiro atoms. The van der Waals surface area contributed by atoms with Crippen LogP contribution in [0.5, 0.6) is 0 Å². The number of pyridine rings is 2. The molecule has 0 bridgehead atoms. The lowest BCUT2D eigenvalue weighted by Crippen LogP contribution is -1.92. The third-order valence-corrected chi connectivity index (χ3v) is 5.10. The second-order valence-corrected chi connectivity index (χ2v) is 6.85. The number of nitrogens with zero attached hydrogens (tertiary/aromatic N) is 3. The fourth-order valence-electron chi connectivity index (χ4n) is 3.71. The maximum absolute atomic E-state index is 13.5. The SMILES string of the molecule is Fc1cccc(-c2ccn3c(-c4ccnc(C5=CCCC5)c4)cnc3c2)c1. The molecule has 4 heteroatoms. The first-order chi connectivity index (χ1) is 13.3. The number of hydrogen-bond donors (Lipinski definition) is 0. The summed E-state index contributed by atoms with van der Waals surface area (Å²) in [6, 6.07) is 14.8. The van der Waals surface area contributed by atoms with Crippen LogP contribution >= 0.6 is 0 Å². The van der Waals surface area contributed by atoms with Gasteiger partial charge in [-0.05, 0) is 72.4 Å². The number of hydrogen-bond acceptors (Lipinski definition) is 2. The van der Waals surface area contributed by atoms with Gasteiger partial charge < -0.3 is 0 Å². The zero-order valence-corrected chi connectivity index (χ0v) is 14.8. The fraction of sp³-hybridized carbons (Fsp3) is 0.130. The van der Waals surface area contributed by atoms with E-state index >= 15 is 0 Å². The topological polar surface area (TPSA) is 30.2 Å². The highest BCUT2D eigenvalue weighted by Gasteiger charge is 2.12. The van der Waals surface area contributed by atoms with Gasteiger partial charge in [-0.25, -0.2) is 9.37 Å². The van der Waals surface area contributed by atoms with Gasteiger partial charge in [-0.1, -0.05) is 18.2 Å². The molecule has 0 amide bonds. The molecule has 0 aliphatic heterocycles. The number of benzene rings is 1. The molecule has 4 aromatic rings. The van der Waals surface area contributed by atoms with Gasteiger partial charge >= 0.3 is 0 Å². The minimum Gasteiger partial charge on any atom is -0.300 e. The van der Waals surface area contributed by atoms with Gasteiger partial charge in [-0.2, -0.15) is 0 Å². The summed E-state index contributed by atoms with van der Waals surface area (Å²) >= 11 is 0. The van der Waals surface area contributed by atoms with Crippen molar-refractivity contribution in [3.05, 3.63) is 84.7 Å². The van der Waals surface area contributed by atoms with Crippen molar-refractivity contribution in [2.45, 2.75) is 19.3 Å². The number of rotatable bonds is 3. The lowest BCUT2D eigenvalue weighted by molar-refractivity contribution is 0.628. The lowest BCUT2D eigenvalue weighted by Gasteiger charge is -2.07. The summed E-state index contributed by atoms with van der Waals surface area (Å²) in [4.78, 5) is 9.10. The molecule has 1 aromatic carbocycles. The fourth-order valence-corrected chi connectivity index (χ4v) is 3.71. The Morgan fingerprint density at radius 2 is 1.85 bits per heavy atom. The van der Waals surface area contributed by atoms with Gasteiger partial charge in [0.2, 0.25) is 0 Å². The van der Waals surface area contributed by atoms with Gasteiger partial charge in [0.05, 0.1) is 17.6 Å². The predicted molar refractivity (Wildman–Crippen MR) is 106 cm³/mol. The molecule has 3 aromatic heterocycles. The smallest absolute Gasteiger partial charge is 0.137 e. The molecule has 0 N–H and O–H groups in total. The highest BCUT2D eigenvalue weighted by Crippen LogP contribution is 2.30. The number of allylic oxidation sites excluding steroid dienone is 2. The summed E-state index contributed by atoms with van der Waals surface area (Å²) in [6.45, 7) is 0. The van der Waals surface area contributed by atoms with Crippen molar-refractivity contribution in [2.24, 2.45) is 0 Å². The number of imidazole rings is 1. The molecule has 0 radical (unpaired) electrons. The third kappa shape index (κ3) is 2.93. The molecule has 5 rings (SSSR count). The molecule has 1 aliphatic carbocycles. The maximum Gasteiger partial charge on any atom is 0.137 e. The highest BCUT2D eigenvalue weighted by atomic mass is 19.1. The second-order valence-electron chi connectivity index (χ2n) is 6.85. The minimum atomic E-state index is -0.234. The summed E-state index contributed by atoms with van der Waals surface area (Å²) in [5.74, 6) is -0.234. The van der Waals surface area contributed by atoms with Gasteiger partial charge in [0.15, 0.2) is 0 Å². The monoisotopic (exact) mass is 355 g/mol. The van der Waals surface area contributed by atoms with Crippen molar-refractivity contribution in [3.8, 4) is 22.4 Å². The Labute approximate surface area is 156 Å². The normalized spacial score (nSPS) is 13.9. The zero-order chi connectivity index (χ0) is 18.2. The maximum atomic E-state index is 13.5. The van der Waals surface area contributed by atoms with Crippen LogP contribution in [0, 0.1) is 5.82 Å². The molecule has 132 valence electrons. The average molecular weight is 355 g/mol. The molecule has 3 heterocycles. The van der Waals surface area contributed by atoms with Gasteiger partial charge in [-0.3, -0.25) is 9.38 Å². The Morgan fingerprint density at radius 3 is 2.70 bits per heavy atom. The van der Waals surface area contributed by atoms with E-state index in [9.17, 15) is 4.39 Å². The van der Waals surface area contributed by atoms with Crippen molar-refractivity contribution < 1.29 is 4.39 Å². The van der Waals surface area contributed by atoms with Crippen molar-refractivity contribution in [2.75, 3.05) is 0 Å². The lowest BCUT2D eigenvalue weighted by atomic mass is 10.1. The van der Waals surface area contributed by atoms with E-state index in [0.29, 0.717) is 0 Å². The zero-order valence-electron chi connectivity index (χ0n) is 14.8. The summed E-state index contributed by atoms with van der Waals surface area (Å²) in [5.41, 5.74) is 7.14. The van der Waals surface area contributed by atoms with Crippen LogP contribution in [0.15, 0.2) is 73.2 Å². The van der Waals surface area contributed by atoms with Crippen LogP contribution in [0.25, 0.3) is 33.6 Å². The van der Waals surface area contributed by atoms with E-state index in [1.165, 1.54) is 18.1 Å². The van der Waals surface area contributed by atoms with Gasteiger partial charge in [0, 0.05) is 18.0 Å². The van der Waals surface area contributed by atoms with Gasteiger partial charge in [0.25, 0.3) is 0 Å². The Bertz CT molecular complexity index is 1170. The molecule has 1 aliphatic rings. The third-order valence-electron chi connectivity index (χ3n) is 5.10. The first-order valence-electron chi connectivity index (χ1n) is 9.17. The quantitative estimate of drug-likeness (QED) is 0.467. The number of aromatic nitrogens is 3. The Balaban J connectivity index is 1.56. The van der Waals surface area contributed by atoms with Gasteiger partial charge in [0.1, 0.15) is 11.5 Å². The van der Waals surface area contributed by atoms with E-state index < -0.39 is 0 Å². The van der Waals surface area contributed by atoms with Crippen LogP contribution in [-0.4, -0.2) is 14.4 Å². The van der Waals surface area contributed by atoms with E-state index in [-0.39, 0.29) is 5.82 Å². The van der Waals surface area contributed by atoms with E-state index in [0.717, 1.165) is 46.6 Å². The van der Waals surface area contributed by atoms with E-state index in [1.807, 2.05) is 42.9 Å². The molecule has 3 nitrogen and oxygen atoms in total. The molecule has 0 atom stereocenters. The largest absolute Gasteiger partial charge is 0.300 e. The Hall–Kier alpha value is -3.27. The second kappa shape index (κ2) is 6.47. The van der Waals surface area contributed by atoms with Crippen molar-refractivity contribution in [1.29, 1.82) is 0 Å². The van der Waals surface area contributed by atoms with Crippen LogP contribution in [0.3, 0.4) is 0 Å². The van der Waals surface area contributed by atoms with Crippen molar-refractivity contribution >= 4 is 11.2 Å². The molecule has 0 fully saturated rings. The van der Waals surface area contributed by atoms with Crippen LogP contribution < -0.4 is 0 Å². The average Bonchev–Trinajstić information content (AvgIpc) is 3.38. The summed E-state index contributed by atoms with van der Waals surface area (Å²) in [5, 5.41) is 0. The van der Waals surface area contributed by atoms with E-state index in [1.54, 1.807) is 12.1 Å². The molecule has 27 heavy (non-hydrogen) atoms. The van der Waals surface area contributed by atoms with E-state index in [2.05, 4.69) is 26.5 Å². The van der Waals surface area contributed by atoms with Crippen molar-refractivity contribution in [3.63, 3.8) is 0 Å². The first kappa shape index (κ1) is 15.9. The van der Waals surface area contributed by atoms with Crippen LogP contribution in [0.2, 0.25) is 0 Å². The standard InChI is InChI=1S/C23H18FN3/c24-20-7-3-6-17(12-20)18-9-11-27-22(15-26-23(27)14-18)19-8-10-25-21(13-19)16-4-1-2-5-16/h3-4,6-15H,1-2,5H2. The van der Waals surface area contributed by atoms with E-state index in [4.69, 9.17) is 0 Å². The summed E-state index contributed by atoms with van der Waals surface area (Å²) < 4.78 is 15.6. The van der Waals surface area contributed by atoms with Crippen LogP contribution in [0.1, 0.15) is 25.0 Å².